The highest BCUT2D eigenvalue weighted by atomic mass is 35.5. The molecule has 1 aromatic carbocycles. The molecule has 0 aliphatic carbocycles. The van der Waals surface area contributed by atoms with E-state index in [0.717, 1.165) is 16.7 Å². The molecule has 1 atom stereocenters. The molecule has 0 spiro atoms. The highest BCUT2D eigenvalue weighted by Crippen LogP contribution is 2.30. The smallest absolute Gasteiger partial charge is 0.247 e. The van der Waals surface area contributed by atoms with Gasteiger partial charge in [-0.15, -0.1) is 11.8 Å². The predicted molar refractivity (Wildman–Crippen MR) is 69.8 cm³/mol. The topological polar surface area (TPSA) is 77.5 Å². The van der Waals surface area contributed by atoms with E-state index in [1.807, 2.05) is 0 Å². The molecular weight excluding hydrogens is 290 g/mol. The van der Waals surface area contributed by atoms with Crippen molar-refractivity contribution in [3.8, 4) is 0 Å². The van der Waals surface area contributed by atoms with Crippen molar-refractivity contribution in [3.05, 3.63) is 29.3 Å². The van der Waals surface area contributed by atoms with E-state index in [1.165, 1.54) is 0 Å². The average Bonchev–Trinajstić information content (AvgIpc) is 2.63. The van der Waals surface area contributed by atoms with Crippen LogP contribution in [-0.2, 0) is 14.4 Å². The molecular formula is C12H9ClNO4S-. The fourth-order valence-corrected chi connectivity index (χ4v) is 2.74. The Kier molecular flexibility index (Phi) is 4.11. The molecule has 1 saturated heterocycles. The molecule has 1 fully saturated rings. The molecule has 1 aliphatic rings. The molecule has 0 saturated carbocycles. The number of carbonyl (C=O) groups excluding carboxylic acids is 3. The van der Waals surface area contributed by atoms with Crippen molar-refractivity contribution in [2.24, 2.45) is 0 Å². The molecule has 0 aromatic heterocycles. The lowest BCUT2D eigenvalue weighted by molar-refractivity contribution is -0.301. The van der Waals surface area contributed by atoms with Crippen LogP contribution >= 0.6 is 23.4 Å². The first-order valence-corrected chi connectivity index (χ1v) is 6.85. The zero-order valence-corrected chi connectivity index (χ0v) is 11.2. The summed E-state index contributed by atoms with van der Waals surface area (Å²) in [6.45, 7) is 0. The molecule has 19 heavy (non-hydrogen) atoms. The fraction of sp³-hybridized carbons (Fsp3) is 0.250. The van der Waals surface area contributed by atoms with E-state index >= 15 is 0 Å². The maximum atomic E-state index is 12.1. The molecule has 2 amide bonds. The van der Waals surface area contributed by atoms with Crippen LogP contribution < -0.4 is 10.0 Å². The molecule has 1 heterocycles. The lowest BCUT2D eigenvalue weighted by atomic mass is 10.3. The van der Waals surface area contributed by atoms with Crippen molar-refractivity contribution in [3.63, 3.8) is 0 Å². The molecule has 5 nitrogen and oxygen atoms in total. The van der Waals surface area contributed by atoms with Gasteiger partial charge in [0.1, 0.15) is 0 Å². The summed E-state index contributed by atoms with van der Waals surface area (Å²) >= 11 is 6.65. The minimum atomic E-state index is -1.25. The summed E-state index contributed by atoms with van der Waals surface area (Å²) in [5.41, 5.74) is 0.441. The second kappa shape index (κ2) is 5.63. The van der Waals surface area contributed by atoms with Crippen molar-refractivity contribution in [1.82, 2.24) is 0 Å². The maximum absolute atomic E-state index is 12.1. The number of hydrogen-bond acceptors (Lipinski definition) is 5. The summed E-state index contributed by atoms with van der Waals surface area (Å²) in [7, 11) is 0. The largest absolute Gasteiger partial charge is 0.549 e. The summed E-state index contributed by atoms with van der Waals surface area (Å²) in [5.74, 6) is -2.31. The molecule has 2 rings (SSSR count). The molecule has 0 unspecified atom stereocenters. The number of carboxylic acid groups (broad SMARTS) is 1. The third kappa shape index (κ3) is 3.08. The van der Waals surface area contributed by atoms with E-state index in [9.17, 15) is 19.5 Å². The van der Waals surface area contributed by atoms with Gasteiger partial charge in [0.2, 0.25) is 11.8 Å². The molecule has 1 aromatic rings. The van der Waals surface area contributed by atoms with E-state index in [2.05, 4.69) is 0 Å². The van der Waals surface area contributed by atoms with Gasteiger partial charge >= 0.3 is 0 Å². The van der Waals surface area contributed by atoms with Crippen LogP contribution in [0.5, 0.6) is 0 Å². The van der Waals surface area contributed by atoms with Gasteiger partial charge < -0.3 is 9.90 Å². The molecule has 0 radical (unpaired) electrons. The molecule has 7 heteroatoms. The van der Waals surface area contributed by atoms with E-state index in [4.69, 9.17) is 11.6 Å². The number of anilines is 1. The second-order valence-electron chi connectivity index (χ2n) is 3.92. The summed E-state index contributed by atoms with van der Waals surface area (Å²) in [6.07, 6.45) is -0.000589. The Labute approximate surface area is 118 Å². The van der Waals surface area contributed by atoms with Crippen LogP contribution in [0.25, 0.3) is 0 Å². The Morgan fingerprint density at radius 3 is 2.58 bits per heavy atom. The summed E-state index contributed by atoms with van der Waals surface area (Å²) < 4.78 is 0. The zero-order valence-electron chi connectivity index (χ0n) is 9.67. The van der Waals surface area contributed by atoms with Crippen LogP contribution in [0.4, 0.5) is 5.69 Å². The molecule has 100 valence electrons. The summed E-state index contributed by atoms with van der Waals surface area (Å²) in [4.78, 5) is 35.3. The molecule has 1 aliphatic heterocycles. The van der Waals surface area contributed by atoms with Crippen LogP contribution in [-0.4, -0.2) is 28.8 Å². The SMILES string of the molecule is O=C([O-])CS[C@H]1CC(=O)N(c2ccc(Cl)cc2)C1=O. The van der Waals surface area contributed by atoms with Crippen LogP contribution in [0.3, 0.4) is 0 Å². The summed E-state index contributed by atoms with van der Waals surface area (Å²) in [5, 5.41) is 10.2. The van der Waals surface area contributed by atoms with Crippen molar-refractivity contribution in [2.45, 2.75) is 11.7 Å². The lowest BCUT2D eigenvalue weighted by Crippen LogP contribution is -2.32. The lowest BCUT2D eigenvalue weighted by Gasteiger charge is -2.15. The Morgan fingerprint density at radius 2 is 2.00 bits per heavy atom. The first-order valence-electron chi connectivity index (χ1n) is 5.43. The normalized spacial score (nSPS) is 19.0. The number of carboxylic acids is 1. The Bertz CT molecular complexity index is 531. The number of aliphatic carboxylic acids is 1. The van der Waals surface area contributed by atoms with Crippen LogP contribution in [0.15, 0.2) is 24.3 Å². The van der Waals surface area contributed by atoms with Crippen LogP contribution in [0.2, 0.25) is 5.02 Å². The fourth-order valence-electron chi connectivity index (χ4n) is 1.76. The second-order valence-corrected chi connectivity index (χ2v) is 5.55. The van der Waals surface area contributed by atoms with Gasteiger partial charge in [-0.3, -0.25) is 9.59 Å². The van der Waals surface area contributed by atoms with E-state index in [0.29, 0.717) is 10.7 Å². The van der Waals surface area contributed by atoms with Gasteiger partial charge in [0.25, 0.3) is 0 Å². The standard InChI is InChI=1S/C12H10ClNO4S/c13-7-1-3-8(4-2-7)14-10(15)5-9(12(14)18)19-6-11(16)17/h1-4,9H,5-6H2,(H,16,17)/p-1/t9-/m0/s1. The van der Waals surface area contributed by atoms with Crippen molar-refractivity contribution < 1.29 is 19.5 Å². The number of rotatable bonds is 4. The highest BCUT2D eigenvalue weighted by molar-refractivity contribution is 8.01. The first kappa shape index (κ1) is 13.9. The maximum Gasteiger partial charge on any atom is 0.247 e. The minimum absolute atomic E-state index is 0.000589. The van der Waals surface area contributed by atoms with Gasteiger partial charge in [-0.2, -0.15) is 0 Å². The van der Waals surface area contributed by atoms with Crippen molar-refractivity contribution >= 4 is 46.8 Å². The highest BCUT2D eigenvalue weighted by Gasteiger charge is 2.39. The molecule has 0 bridgehead atoms. The minimum Gasteiger partial charge on any atom is -0.549 e. The van der Waals surface area contributed by atoms with Gasteiger partial charge in [-0.1, -0.05) is 11.6 Å². The van der Waals surface area contributed by atoms with Gasteiger partial charge in [0, 0.05) is 17.2 Å². The third-order valence-corrected chi connectivity index (χ3v) is 4.02. The quantitative estimate of drug-likeness (QED) is 0.755. The molecule has 0 N–H and O–H groups in total. The number of benzene rings is 1. The van der Waals surface area contributed by atoms with Crippen LogP contribution in [0.1, 0.15) is 6.42 Å². The van der Waals surface area contributed by atoms with Gasteiger partial charge in [-0.05, 0) is 24.3 Å². The van der Waals surface area contributed by atoms with E-state index in [-0.39, 0.29) is 18.1 Å². The van der Waals surface area contributed by atoms with Crippen LogP contribution in [0, 0.1) is 0 Å². The number of imide groups is 1. The average molecular weight is 299 g/mol. The van der Waals surface area contributed by atoms with Gasteiger partial charge in [-0.25, -0.2) is 4.90 Å². The Hall–Kier alpha value is -1.53. The number of halogens is 1. The van der Waals surface area contributed by atoms with E-state index in [1.54, 1.807) is 24.3 Å². The first-order chi connectivity index (χ1) is 8.99. The summed E-state index contributed by atoms with van der Waals surface area (Å²) in [6, 6.07) is 6.31. The Balaban J connectivity index is 2.14. The Morgan fingerprint density at radius 1 is 1.37 bits per heavy atom. The number of thioether (sulfide) groups is 1. The number of carbonyl (C=O) groups is 3. The number of nitrogens with zero attached hydrogens (tertiary/aromatic N) is 1. The zero-order chi connectivity index (χ0) is 14.0. The van der Waals surface area contributed by atoms with Crippen molar-refractivity contribution in [1.29, 1.82) is 0 Å². The van der Waals surface area contributed by atoms with E-state index < -0.39 is 17.1 Å². The van der Waals surface area contributed by atoms with Gasteiger partial charge in [0.05, 0.1) is 16.9 Å². The predicted octanol–water partition coefficient (Wildman–Crippen LogP) is 0.455. The number of hydrogen-bond donors (Lipinski definition) is 0. The third-order valence-electron chi connectivity index (χ3n) is 2.59. The van der Waals surface area contributed by atoms with Gasteiger partial charge in [0.15, 0.2) is 0 Å². The number of amides is 2. The van der Waals surface area contributed by atoms with Crippen molar-refractivity contribution in [2.75, 3.05) is 10.7 Å². The monoisotopic (exact) mass is 298 g/mol.